The molecule has 17 heteroatoms. The highest BCUT2D eigenvalue weighted by atomic mass is 19.3. The molecule has 11 nitrogen and oxygen atoms in total. The summed E-state index contributed by atoms with van der Waals surface area (Å²) >= 11 is 0. The predicted octanol–water partition coefficient (Wildman–Crippen LogP) is 20.6. The Morgan fingerprint density at radius 3 is 1.32 bits per heavy atom. The van der Waals surface area contributed by atoms with Gasteiger partial charge in [-0.3, -0.25) is 23.3 Å². The zero-order chi connectivity index (χ0) is 66.2. The van der Waals surface area contributed by atoms with Crippen molar-refractivity contribution in [2.24, 2.45) is 0 Å². The van der Waals surface area contributed by atoms with Crippen LogP contribution in [0.2, 0.25) is 0 Å². The minimum Gasteiger partial charge on any atom is -0.433 e. The van der Waals surface area contributed by atoms with Gasteiger partial charge < -0.3 is 20.1 Å². The summed E-state index contributed by atoms with van der Waals surface area (Å²) in [4.78, 5) is 50.7. The average Bonchev–Trinajstić information content (AvgIpc) is 1.65. The minimum atomic E-state index is -3.29. The molecule has 0 unspecified atom stereocenters. The number of ether oxygens (including phenoxy) is 2. The minimum absolute atomic E-state index is 0.00957. The highest BCUT2D eigenvalue weighted by molar-refractivity contribution is 6.08. The van der Waals surface area contributed by atoms with Crippen LogP contribution in [0, 0.1) is 0 Å². The van der Waals surface area contributed by atoms with Crippen LogP contribution in [0.1, 0.15) is 84.9 Å². The monoisotopic (exact) mass is 1260 g/mol. The van der Waals surface area contributed by atoms with Crippen molar-refractivity contribution in [1.29, 1.82) is 0 Å². The van der Waals surface area contributed by atoms with Gasteiger partial charge in [-0.25, -0.2) is 18.4 Å². The van der Waals surface area contributed by atoms with E-state index in [0.717, 1.165) is 80.2 Å². The first-order valence-electron chi connectivity index (χ1n) is 30.0. The molecule has 0 saturated heterocycles. The van der Waals surface area contributed by atoms with Gasteiger partial charge in [-0.1, -0.05) is 172 Å². The standard InChI is InChI=1S/C27H25F2NO.C25H22F2N2O2.C24H18F2N2O3/c1-18(2)21-8-4-5-9-22(21)24-17-30(25-11-7-6-10-23(24)25)26(31)16-19-12-14-20(15-13-19)27(3,28)29;1-3-17-8-4-5-9-20(17)22-16-29(23-11-7-6-10-21(22)23)24(30)28-18-12-14-19(15-13-18)31-25(2,26)27;1-24(25,26)31-18-12-10-17(11-13-18)27-23(30)28-14-21(20-8-4-5-9-22(20)28)19-7-3-2-6-16(19)15-29/h4-15,17-18H,16H2,1-3H3;4-16H,3H2,1-2H3,(H,28,30);2-15H,1H3,(H,27,30). The molecule has 0 bridgehead atoms. The number of aldehydes is 1. The maximum atomic E-state index is 13.5. The number of halogens is 6. The van der Waals surface area contributed by atoms with Gasteiger partial charge in [0, 0.05) is 94.7 Å². The van der Waals surface area contributed by atoms with Gasteiger partial charge in [-0.2, -0.15) is 17.6 Å². The summed E-state index contributed by atoms with van der Waals surface area (Å²) in [5.41, 5.74) is 12.5. The number of alkyl halides is 6. The van der Waals surface area contributed by atoms with Gasteiger partial charge in [-0.05, 0) is 112 Å². The Bertz CT molecular complexity index is 4650. The molecule has 0 radical (unpaired) electrons. The van der Waals surface area contributed by atoms with Crippen LogP contribution in [-0.2, 0) is 18.8 Å². The Morgan fingerprint density at radius 2 is 0.860 bits per heavy atom. The molecule has 12 aromatic rings. The van der Waals surface area contributed by atoms with Crippen molar-refractivity contribution in [3.63, 3.8) is 0 Å². The lowest BCUT2D eigenvalue weighted by Gasteiger charge is -2.13. The van der Waals surface area contributed by atoms with E-state index in [1.807, 2.05) is 122 Å². The fourth-order valence-electron chi connectivity index (χ4n) is 11.1. The van der Waals surface area contributed by atoms with E-state index in [2.05, 4.69) is 65.1 Å². The van der Waals surface area contributed by atoms with Crippen molar-refractivity contribution >= 4 is 68.3 Å². The second-order valence-corrected chi connectivity index (χ2v) is 22.6. The van der Waals surface area contributed by atoms with E-state index in [4.69, 9.17) is 0 Å². The van der Waals surface area contributed by atoms with E-state index in [1.165, 1.54) is 76.4 Å². The zero-order valence-corrected chi connectivity index (χ0v) is 51.6. The number of nitrogens with one attached hydrogen (secondary N) is 2. The van der Waals surface area contributed by atoms with Gasteiger partial charge >= 0.3 is 24.3 Å². The van der Waals surface area contributed by atoms with Crippen molar-refractivity contribution in [2.75, 3.05) is 10.6 Å². The average molecular weight is 1260 g/mol. The highest BCUT2D eigenvalue weighted by Crippen LogP contribution is 2.38. The summed E-state index contributed by atoms with van der Waals surface area (Å²) in [5, 5.41) is 8.38. The number of carbonyl (C=O) groups excluding carboxylic acids is 4. The number of hydrogen-bond acceptors (Lipinski definition) is 6. The third-order valence-electron chi connectivity index (χ3n) is 15.4. The molecule has 0 fully saturated rings. The first-order valence-corrected chi connectivity index (χ1v) is 30.0. The normalized spacial score (nSPS) is 11.6. The number of aromatic nitrogens is 3. The molecule has 9 aromatic carbocycles. The lowest BCUT2D eigenvalue weighted by atomic mass is 9.92. The molecule has 2 amide bonds. The van der Waals surface area contributed by atoms with E-state index >= 15 is 0 Å². The molecule has 472 valence electrons. The van der Waals surface area contributed by atoms with E-state index in [-0.39, 0.29) is 35.4 Å². The number of anilines is 2. The largest absolute Gasteiger partial charge is 0.433 e. The number of para-hydroxylation sites is 3. The van der Waals surface area contributed by atoms with E-state index in [0.29, 0.717) is 47.8 Å². The van der Waals surface area contributed by atoms with Crippen LogP contribution >= 0.6 is 0 Å². The van der Waals surface area contributed by atoms with Crippen molar-refractivity contribution in [3.05, 3.63) is 265 Å². The Kier molecular flexibility index (Phi) is 19.3. The first-order chi connectivity index (χ1) is 44.5. The number of hydrogen-bond donors (Lipinski definition) is 2. The third kappa shape index (κ3) is 15.5. The molecule has 0 aliphatic rings. The summed E-state index contributed by atoms with van der Waals surface area (Å²) in [7, 11) is 0. The second-order valence-electron chi connectivity index (χ2n) is 22.6. The Morgan fingerprint density at radius 1 is 0.462 bits per heavy atom. The molecule has 3 aromatic heterocycles. The molecular weight excluding hydrogens is 1190 g/mol. The molecule has 0 spiro atoms. The third-order valence-corrected chi connectivity index (χ3v) is 15.4. The predicted molar refractivity (Wildman–Crippen MR) is 356 cm³/mol. The molecule has 2 N–H and O–H groups in total. The molecule has 0 aliphatic heterocycles. The van der Waals surface area contributed by atoms with Crippen molar-refractivity contribution < 1.29 is 55.0 Å². The molecule has 0 aliphatic carbocycles. The zero-order valence-electron chi connectivity index (χ0n) is 51.6. The number of amides is 2. The van der Waals surface area contributed by atoms with E-state index in [9.17, 15) is 45.5 Å². The fourth-order valence-corrected chi connectivity index (χ4v) is 11.1. The lowest BCUT2D eigenvalue weighted by molar-refractivity contribution is -0.159. The summed E-state index contributed by atoms with van der Waals surface area (Å²) in [6, 6.07) is 63.3. The van der Waals surface area contributed by atoms with Gasteiger partial charge in [0.2, 0.25) is 5.91 Å². The molecule has 3 heterocycles. The summed E-state index contributed by atoms with van der Waals surface area (Å²) in [6.07, 6.45) is 0.671. The Balaban J connectivity index is 0.000000153. The van der Waals surface area contributed by atoms with Crippen LogP contribution < -0.4 is 20.1 Å². The number of carbonyl (C=O) groups is 4. The first kappa shape index (κ1) is 65.0. The molecule has 12 rings (SSSR count). The molecule has 0 saturated carbocycles. The van der Waals surface area contributed by atoms with Gasteiger partial charge in [0.05, 0.1) is 23.0 Å². The van der Waals surface area contributed by atoms with E-state index < -0.39 is 24.2 Å². The Labute approximate surface area is 533 Å². The Hall–Kier alpha value is -10.9. The maximum absolute atomic E-state index is 13.5. The van der Waals surface area contributed by atoms with E-state index in [1.54, 1.807) is 39.6 Å². The van der Waals surface area contributed by atoms with Crippen molar-refractivity contribution in [1.82, 2.24) is 13.7 Å². The molecule has 93 heavy (non-hydrogen) atoms. The summed E-state index contributed by atoms with van der Waals surface area (Å²) < 4.78 is 92.6. The highest BCUT2D eigenvalue weighted by Gasteiger charge is 2.27. The lowest BCUT2D eigenvalue weighted by Crippen LogP contribution is -2.19. The van der Waals surface area contributed by atoms with Crippen LogP contribution in [0.4, 0.5) is 47.3 Å². The van der Waals surface area contributed by atoms with Crippen LogP contribution in [0.5, 0.6) is 11.5 Å². The number of fused-ring (bicyclic) bond motifs is 3. The van der Waals surface area contributed by atoms with Gasteiger partial charge in [-0.15, -0.1) is 0 Å². The van der Waals surface area contributed by atoms with Gasteiger partial charge in [0.1, 0.15) is 11.5 Å². The number of rotatable bonds is 15. The number of benzene rings is 9. The van der Waals surface area contributed by atoms with Crippen LogP contribution in [0.15, 0.2) is 237 Å². The topological polar surface area (TPSA) is 126 Å². The van der Waals surface area contributed by atoms with Gasteiger partial charge in [0.25, 0.3) is 5.92 Å². The number of aryl methyl sites for hydroxylation is 1. The fraction of sp³-hybridized carbons (Fsp3) is 0.158. The van der Waals surface area contributed by atoms with Crippen LogP contribution in [0.3, 0.4) is 0 Å². The SMILES string of the molecule is CC(C)c1ccccc1-c1cn(C(=O)Cc2ccc(C(C)(F)F)cc2)c2ccccc12.CC(F)(F)Oc1ccc(NC(=O)n2cc(-c3ccccc3C=O)c3ccccc32)cc1.CCc1ccccc1-c1cn(C(=O)Nc2ccc(OC(C)(F)F)cc2)c2ccccc12. The van der Waals surface area contributed by atoms with Crippen molar-refractivity contribution in [3.8, 4) is 44.9 Å². The molecule has 0 atom stereocenters. The quantitative estimate of drug-likeness (QED) is 0.0778. The maximum Gasteiger partial charge on any atom is 0.394 e. The van der Waals surface area contributed by atoms with Crippen LogP contribution in [0.25, 0.3) is 66.1 Å². The summed E-state index contributed by atoms with van der Waals surface area (Å²) in [6.45, 7) is 8.62. The number of nitrogens with zero attached hydrogens (tertiary/aromatic N) is 3. The van der Waals surface area contributed by atoms with Crippen molar-refractivity contribution in [2.45, 2.75) is 78.4 Å². The smallest absolute Gasteiger partial charge is 0.394 e. The van der Waals surface area contributed by atoms with Gasteiger partial charge in [0.15, 0.2) is 6.29 Å². The molecular formula is C76H65F6N5O6. The van der Waals surface area contributed by atoms with Crippen LogP contribution in [-0.4, -0.2) is 50.2 Å². The second kappa shape index (κ2) is 27.7. The summed E-state index contributed by atoms with van der Waals surface area (Å²) in [5.74, 6) is -2.62.